The van der Waals surface area contributed by atoms with E-state index in [2.05, 4.69) is 20.6 Å². The van der Waals surface area contributed by atoms with Crippen molar-refractivity contribution in [2.75, 3.05) is 5.32 Å². The van der Waals surface area contributed by atoms with Crippen LogP contribution in [0, 0.1) is 6.92 Å². The smallest absolute Gasteiger partial charge is 0.226 e. The summed E-state index contributed by atoms with van der Waals surface area (Å²) in [5.74, 6) is 0.896. The van der Waals surface area contributed by atoms with Crippen LogP contribution >= 0.6 is 23.2 Å². The van der Waals surface area contributed by atoms with Crippen LogP contribution in [-0.4, -0.2) is 25.9 Å². The van der Waals surface area contributed by atoms with E-state index in [0.717, 1.165) is 16.8 Å². The van der Waals surface area contributed by atoms with Crippen LogP contribution in [0.2, 0.25) is 10.2 Å². The number of hydrogen-bond acceptors (Lipinski definition) is 4. The van der Waals surface area contributed by atoms with Crippen LogP contribution in [0.1, 0.15) is 29.2 Å². The fourth-order valence-electron chi connectivity index (χ4n) is 3.14. The predicted molar refractivity (Wildman–Crippen MR) is 95.4 cm³/mol. The molecule has 1 atom stereocenters. The minimum atomic E-state index is -0.114. The summed E-state index contributed by atoms with van der Waals surface area (Å²) in [7, 11) is 0. The zero-order valence-corrected chi connectivity index (χ0v) is 14.7. The molecule has 0 spiro atoms. The lowest BCUT2D eigenvalue weighted by Crippen LogP contribution is -2.25. The van der Waals surface area contributed by atoms with Crippen molar-refractivity contribution in [3.05, 3.63) is 63.4 Å². The Morgan fingerprint density at radius 1 is 1.20 bits per heavy atom. The van der Waals surface area contributed by atoms with Gasteiger partial charge >= 0.3 is 0 Å². The van der Waals surface area contributed by atoms with Crippen molar-refractivity contribution in [1.82, 2.24) is 20.0 Å². The molecule has 6 nitrogen and oxygen atoms in total. The molecule has 1 N–H and O–H groups in total. The molecule has 3 aromatic rings. The molecule has 0 aliphatic carbocycles. The van der Waals surface area contributed by atoms with Crippen molar-refractivity contribution in [3.63, 3.8) is 0 Å². The standard InChI is InChI=1S/C17H13Cl2N5O/c1-9-16-12(10-3-2-4-11(18)7-10)8-15(25)20-17(16)24(23-9)14-6-5-13(19)21-22-14/h2-7,12H,8H2,1H3,(H,20,25)/t12-/m1/s1. The molecule has 25 heavy (non-hydrogen) atoms. The minimum Gasteiger partial charge on any atom is -0.310 e. The summed E-state index contributed by atoms with van der Waals surface area (Å²) in [6, 6.07) is 10.9. The first-order valence-corrected chi connectivity index (χ1v) is 8.43. The van der Waals surface area contributed by atoms with Gasteiger partial charge in [-0.2, -0.15) is 9.78 Å². The molecule has 0 fully saturated rings. The number of aryl methyl sites for hydroxylation is 1. The molecule has 0 bridgehead atoms. The first-order chi connectivity index (χ1) is 12.0. The van der Waals surface area contributed by atoms with Gasteiger partial charge in [0.15, 0.2) is 11.0 Å². The van der Waals surface area contributed by atoms with Gasteiger partial charge in [0.05, 0.1) is 5.69 Å². The Morgan fingerprint density at radius 3 is 2.76 bits per heavy atom. The molecular formula is C17H13Cl2N5O. The molecule has 2 aromatic heterocycles. The number of rotatable bonds is 2. The van der Waals surface area contributed by atoms with E-state index in [4.69, 9.17) is 23.2 Å². The molecule has 1 aliphatic rings. The Kier molecular flexibility index (Phi) is 3.94. The zero-order valence-electron chi connectivity index (χ0n) is 13.2. The number of carbonyl (C=O) groups is 1. The van der Waals surface area contributed by atoms with E-state index < -0.39 is 0 Å². The average Bonchev–Trinajstić information content (AvgIpc) is 2.91. The second-order valence-electron chi connectivity index (χ2n) is 5.83. The minimum absolute atomic E-state index is 0.0828. The number of fused-ring (bicyclic) bond motifs is 1. The van der Waals surface area contributed by atoms with Crippen molar-refractivity contribution < 1.29 is 4.79 Å². The highest BCUT2D eigenvalue weighted by Crippen LogP contribution is 2.40. The van der Waals surface area contributed by atoms with E-state index in [1.165, 1.54) is 0 Å². The van der Waals surface area contributed by atoms with Crippen molar-refractivity contribution >= 4 is 34.9 Å². The number of benzene rings is 1. The lowest BCUT2D eigenvalue weighted by Gasteiger charge is -2.24. The predicted octanol–water partition coefficient (Wildman–Crippen LogP) is 3.75. The molecule has 3 heterocycles. The van der Waals surface area contributed by atoms with Gasteiger partial charge in [0.25, 0.3) is 0 Å². The van der Waals surface area contributed by atoms with Crippen molar-refractivity contribution in [1.29, 1.82) is 0 Å². The highest BCUT2D eigenvalue weighted by molar-refractivity contribution is 6.30. The average molecular weight is 374 g/mol. The maximum Gasteiger partial charge on any atom is 0.226 e. The number of carbonyl (C=O) groups excluding carboxylic acids is 1. The molecule has 0 saturated heterocycles. The Balaban J connectivity index is 1.87. The van der Waals surface area contributed by atoms with Crippen molar-refractivity contribution in [3.8, 4) is 5.82 Å². The van der Waals surface area contributed by atoms with Gasteiger partial charge in [-0.05, 0) is 36.8 Å². The third kappa shape index (κ3) is 2.88. The Bertz CT molecular complexity index is 968. The number of hydrogen-bond donors (Lipinski definition) is 1. The Hall–Kier alpha value is -2.44. The van der Waals surface area contributed by atoms with Gasteiger partial charge in [0.1, 0.15) is 5.82 Å². The SMILES string of the molecule is Cc1nn(-c2ccc(Cl)nn2)c2c1[C@@H](c1cccc(Cl)c1)CC(=O)N2. The summed E-state index contributed by atoms with van der Waals surface area (Å²) in [6.45, 7) is 1.91. The molecule has 0 unspecified atom stereocenters. The first-order valence-electron chi connectivity index (χ1n) is 7.67. The van der Waals surface area contributed by atoms with Gasteiger partial charge in [-0.1, -0.05) is 35.3 Å². The maximum absolute atomic E-state index is 12.3. The highest BCUT2D eigenvalue weighted by atomic mass is 35.5. The molecule has 0 saturated carbocycles. The second-order valence-corrected chi connectivity index (χ2v) is 6.66. The number of halogens is 2. The van der Waals surface area contributed by atoms with Crippen LogP contribution in [-0.2, 0) is 4.79 Å². The normalized spacial score (nSPS) is 16.4. The summed E-state index contributed by atoms with van der Waals surface area (Å²) < 4.78 is 1.59. The van der Waals surface area contributed by atoms with Crippen molar-refractivity contribution in [2.45, 2.75) is 19.3 Å². The van der Waals surface area contributed by atoms with Gasteiger partial charge in [-0.25, -0.2) is 0 Å². The van der Waals surface area contributed by atoms with Crippen LogP contribution in [0.4, 0.5) is 5.82 Å². The molecule has 8 heteroatoms. The molecule has 4 rings (SSSR count). The Morgan fingerprint density at radius 2 is 2.04 bits per heavy atom. The lowest BCUT2D eigenvalue weighted by molar-refractivity contribution is -0.116. The molecular weight excluding hydrogens is 361 g/mol. The van der Waals surface area contributed by atoms with E-state index in [9.17, 15) is 4.79 Å². The van der Waals surface area contributed by atoms with E-state index in [0.29, 0.717) is 28.2 Å². The highest BCUT2D eigenvalue weighted by Gasteiger charge is 2.33. The number of anilines is 1. The third-order valence-corrected chi connectivity index (χ3v) is 4.63. The largest absolute Gasteiger partial charge is 0.310 e. The van der Waals surface area contributed by atoms with Gasteiger partial charge in [0.2, 0.25) is 5.91 Å². The fourth-order valence-corrected chi connectivity index (χ4v) is 3.44. The van der Waals surface area contributed by atoms with E-state index >= 15 is 0 Å². The summed E-state index contributed by atoms with van der Waals surface area (Å²) in [4.78, 5) is 12.3. The quantitative estimate of drug-likeness (QED) is 0.742. The van der Waals surface area contributed by atoms with Crippen LogP contribution < -0.4 is 5.32 Å². The summed E-state index contributed by atoms with van der Waals surface area (Å²) >= 11 is 11.9. The van der Waals surface area contributed by atoms with Crippen LogP contribution in [0.3, 0.4) is 0 Å². The zero-order chi connectivity index (χ0) is 17.6. The molecule has 126 valence electrons. The fraction of sp³-hybridized carbons (Fsp3) is 0.176. The maximum atomic E-state index is 12.3. The van der Waals surface area contributed by atoms with Gasteiger partial charge < -0.3 is 5.32 Å². The third-order valence-electron chi connectivity index (χ3n) is 4.19. The number of aromatic nitrogens is 4. The van der Waals surface area contributed by atoms with Gasteiger partial charge in [0, 0.05) is 22.9 Å². The number of nitrogens with one attached hydrogen (secondary N) is 1. The van der Waals surface area contributed by atoms with E-state index in [1.54, 1.807) is 16.8 Å². The second kappa shape index (κ2) is 6.13. The summed E-state index contributed by atoms with van der Waals surface area (Å²) in [5.41, 5.74) is 2.75. The summed E-state index contributed by atoms with van der Waals surface area (Å²) in [5, 5.41) is 16.3. The molecule has 0 radical (unpaired) electrons. The molecule has 1 aliphatic heterocycles. The van der Waals surface area contributed by atoms with Gasteiger partial charge in [-0.3, -0.25) is 4.79 Å². The van der Waals surface area contributed by atoms with Crippen molar-refractivity contribution in [2.24, 2.45) is 0 Å². The van der Waals surface area contributed by atoms with Crippen LogP contribution in [0.5, 0.6) is 0 Å². The lowest BCUT2D eigenvalue weighted by atomic mass is 9.86. The van der Waals surface area contributed by atoms with E-state index in [1.807, 2.05) is 31.2 Å². The van der Waals surface area contributed by atoms with E-state index in [-0.39, 0.29) is 11.8 Å². The molecule has 1 aromatic carbocycles. The monoisotopic (exact) mass is 373 g/mol. The molecule has 1 amide bonds. The number of nitrogens with zero attached hydrogens (tertiary/aromatic N) is 4. The Labute approximate surface area is 153 Å². The topological polar surface area (TPSA) is 72.7 Å². The first kappa shape index (κ1) is 16.1. The summed E-state index contributed by atoms with van der Waals surface area (Å²) in [6.07, 6.45) is 0.339. The van der Waals surface area contributed by atoms with Crippen LogP contribution in [0.25, 0.3) is 5.82 Å². The number of amides is 1. The van der Waals surface area contributed by atoms with Gasteiger partial charge in [-0.15, -0.1) is 10.2 Å². The van der Waals surface area contributed by atoms with Crippen LogP contribution in [0.15, 0.2) is 36.4 Å².